The van der Waals surface area contributed by atoms with E-state index in [1.807, 2.05) is 30.3 Å². The molecule has 1 aromatic heterocycles. The normalized spacial score (nSPS) is 15.8. The molecule has 0 bridgehead atoms. The number of fused-ring (bicyclic) bond motifs is 1. The van der Waals surface area contributed by atoms with Crippen molar-refractivity contribution in [3.63, 3.8) is 0 Å². The van der Waals surface area contributed by atoms with Crippen molar-refractivity contribution >= 4 is 23.2 Å². The fraction of sp³-hybridized carbons (Fsp3) is 0.167. The minimum atomic E-state index is -0.704. The van der Waals surface area contributed by atoms with Crippen molar-refractivity contribution in [2.45, 2.75) is 12.5 Å². The van der Waals surface area contributed by atoms with Gasteiger partial charge in [0.05, 0.1) is 23.4 Å². The van der Waals surface area contributed by atoms with Crippen LogP contribution in [0.4, 0.5) is 10.1 Å². The molecule has 6 nitrogen and oxygen atoms in total. The highest BCUT2D eigenvalue weighted by Crippen LogP contribution is 2.30. The van der Waals surface area contributed by atoms with Crippen molar-refractivity contribution in [2.24, 2.45) is 0 Å². The molecule has 4 rings (SSSR count). The average Bonchev–Trinajstić information content (AvgIpc) is 3.10. The Bertz CT molecular complexity index is 961. The van der Waals surface area contributed by atoms with Gasteiger partial charge in [0.25, 0.3) is 5.91 Å². The molecule has 8 heteroatoms. The Morgan fingerprint density at radius 1 is 1.23 bits per heavy atom. The average molecular weight is 373 g/mol. The Labute approximate surface area is 153 Å². The molecule has 0 aliphatic carbocycles. The van der Waals surface area contributed by atoms with Crippen LogP contribution in [0.1, 0.15) is 28.6 Å². The van der Waals surface area contributed by atoms with Crippen LogP contribution in [-0.4, -0.2) is 27.3 Å². The lowest BCUT2D eigenvalue weighted by atomic mass is 10.0. The molecule has 1 aliphatic heterocycles. The van der Waals surface area contributed by atoms with Gasteiger partial charge in [-0.2, -0.15) is 4.98 Å². The van der Waals surface area contributed by atoms with Gasteiger partial charge in [-0.15, -0.1) is 5.10 Å². The molecule has 2 heterocycles. The summed E-state index contributed by atoms with van der Waals surface area (Å²) in [5.74, 6) is -1.43. The van der Waals surface area contributed by atoms with E-state index in [1.165, 1.54) is 12.1 Å². The van der Waals surface area contributed by atoms with Gasteiger partial charge in [0, 0.05) is 6.42 Å². The van der Waals surface area contributed by atoms with E-state index in [1.54, 1.807) is 10.7 Å². The van der Waals surface area contributed by atoms with Crippen LogP contribution in [-0.2, 0) is 0 Å². The van der Waals surface area contributed by atoms with Crippen molar-refractivity contribution in [1.82, 2.24) is 14.8 Å². The highest BCUT2D eigenvalue weighted by molar-refractivity contribution is 6.31. The number of hydrogen-bond donors (Lipinski definition) is 1. The number of amides is 1. The summed E-state index contributed by atoms with van der Waals surface area (Å²) in [6.07, 6.45) is 0.713. The number of aromatic nitrogens is 3. The number of ether oxygens (including phenoxy) is 1. The Hall–Kier alpha value is -2.93. The van der Waals surface area contributed by atoms with Gasteiger partial charge in [0.2, 0.25) is 5.82 Å². The highest BCUT2D eigenvalue weighted by Gasteiger charge is 2.28. The molecule has 3 aromatic rings. The van der Waals surface area contributed by atoms with E-state index < -0.39 is 11.7 Å². The summed E-state index contributed by atoms with van der Waals surface area (Å²) in [5, 5.41) is 6.63. The summed E-state index contributed by atoms with van der Waals surface area (Å²) in [4.78, 5) is 16.6. The van der Waals surface area contributed by atoms with Crippen LogP contribution in [0.3, 0.4) is 0 Å². The molecule has 0 spiro atoms. The van der Waals surface area contributed by atoms with E-state index in [9.17, 15) is 9.18 Å². The molecule has 26 heavy (non-hydrogen) atoms. The number of carbonyl (C=O) groups is 1. The van der Waals surface area contributed by atoms with Crippen molar-refractivity contribution in [1.29, 1.82) is 0 Å². The predicted molar refractivity (Wildman–Crippen MR) is 94.1 cm³/mol. The third-order valence-corrected chi connectivity index (χ3v) is 4.40. The van der Waals surface area contributed by atoms with Crippen LogP contribution < -0.4 is 10.1 Å². The zero-order valence-electron chi connectivity index (χ0n) is 13.5. The van der Waals surface area contributed by atoms with Crippen LogP contribution in [0.5, 0.6) is 6.01 Å². The quantitative estimate of drug-likeness (QED) is 0.761. The smallest absolute Gasteiger partial charge is 0.316 e. The zero-order chi connectivity index (χ0) is 18.1. The topological polar surface area (TPSA) is 69.0 Å². The molecule has 1 N–H and O–H groups in total. The molecule has 0 radical (unpaired) electrons. The van der Waals surface area contributed by atoms with Gasteiger partial charge in [-0.3, -0.25) is 4.79 Å². The maximum atomic E-state index is 14.0. The minimum absolute atomic E-state index is 0.0317. The summed E-state index contributed by atoms with van der Waals surface area (Å²) in [5.41, 5.74) is 1.02. The fourth-order valence-electron chi connectivity index (χ4n) is 2.85. The largest absolute Gasteiger partial charge is 0.464 e. The van der Waals surface area contributed by atoms with E-state index in [2.05, 4.69) is 15.4 Å². The van der Waals surface area contributed by atoms with Crippen LogP contribution in [0.15, 0.2) is 48.5 Å². The summed E-state index contributed by atoms with van der Waals surface area (Å²) >= 11 is 5.73. The van der Waals surface area contributed by atoms with Gasteiger partial charge in [-0.25, -0.2) is 9.07 Å². The first-order chi connectivity index (χ1) is 12.6. The molecular weight excluding hydrogens is 359 g/mol. The van der Waals surface area contributed by atoms with Gasteiger partial charge in [-0.05, 0) is 17.7 Å². The van der Waals surface area contributed by atoms with Gasteiger partial charge in [0.15, 0.2) is 5.82 Å². The van der Waals surface area contributed by atoms with Crippen LogP contribution in [0.25, 0.3) is 0 Å². The summed E-state index contributed by atoms with van der Waals surface area (Å²) in [6.45, 7) is 0.474. The molecule has 2 aromatic carbocycles. The summed E-state index contributed by atoms with van der Waals surface area (Å²) in [6, 6.07) is 14.3. The van der Waals surface area contributed by atoms with Crippen molar-refractivity contribution in [3.05, 3.63) is 70.8 Å². The first-order valence-electron chi connectivity index (χ1n) is 8.03. The van der Waals surface area contributed by atoms with E-state index >= 15 is 0 Å². The van der Waals surface area contributed by atoms with Gasteiger partial charge in [-0.1, -0.05) is 48.0 Å². The molecular formula is C18H14ClFN4O2. The molecule has 1 amide bonds. The lowest BCUT2D eigenvalue weighted by Gasteiger charge is -2.23. The lowest BCUT2D eigenvalue weighted by molar-refractivity contribution is 0.101. The van der Waals surface area contributed by atoms with Crippen molar-refractivity contribution in [2.75, 3.05) is 11.9 Å². The zero-order valence-corrected chi connectivity index (χ0v) is 14.3. The first-order valence-corrected chi connectivity index (χ1v) is 8.41. The maximum absolute atomic E-state index is 14.0. The first kappa shape index (κ1) is 16.5. The molecule has 0 saturated heterocycles. The second kappa shape index (κ2) is 6.76. The number of anilines is 1. The van der Waals surface area contributed by atoms with E-state index in [4.69, 9.17) is 16.3 Å². The molecule has 1 aliphatic rings. The third-order valence-electron chi connectivity index (χ3n) is 4.10. The minimum Gasteiger partial charge on any atom is -0.464 e. The van der Waals surface area contributed by atoms with Crippen molar-refractivity contribution < 1.29 is 13.9 Å². The maximum Gasteiger partial charge on any atom is 0.316 e. The number of benzene rings is 2. The van der Waals surface area contributed by atoms with Gasteiger partial charge in [0.1, 0.15) is 0 Å². The standard InChI is InChI=1S/C18H14ClFN4O2/c19-12-7-4-8-13(15(12)20)21-17(25)16-22-18-24(23-16)14(9-10-26-18)11-5-2-1-3-6-11/h1-8,14H,9-10H2,(H,21,25). The monoisotopic (exact) mass is 372 g/mol. The van der Waals surface area contributed by atoms with E-state index in [0.29, 0.717) is 13.0 Å². The predicted octanol–water partition coefficient (Wildman–Crippen LogP) is 3.69. The number of nitrogens with one attached hydrogen (secondary N) is 1. The SMILES string of the molecule is O=C(Nc1cccc(Cl)c1F)c1nc2n(n1)C(c1ccccc1)CCO2. The third kappa shape index (κ3) is 3.01. The second-order valence-electron chi connectivity index (χ2n) is 5.78. The molecule has 1 atom stereocenters. The van der Waals surface area contributed by atoms with Crippen molar-refractivity contribution in [3.8, 4) is 6.01 Å². The number of nitrogens with zero attached hydrogens (tertiary/aromatic N) is 3. The van der Waals surface area contributed by atoms with Crippen LogP contribution in [0, 0.1) is 5.82 Å². The Morgan fingerprint density at radius 2 is 2.04 bits per heavy atom. The number of hydrogen-bond acceptors (Lipinski definition) is 4. The molecule has 132 valence electrons. The number of halogens is 2. The second-order valence-corrected chi connectivity index (χ2v) is 6.19. The molecule has 0 fully saturated rings. The molecule has 0 saturated carbocycles. The lowest BCUT2D eigenvalue weighted by Crippen LogP contribution is -2.23. The number of rotatable bonds is 3. The fourth-order valence-corrected chi connectivity index (χ4v) is 3.03. The Kier molecular flexibility index (Phi) is 4.30. The summed E-state index contributed by atoms with van der Waals surface area (Å²) in [7, 11) is 0. The Morgan fingerprint density at radius 3 is 2.85 bits per heavy atom. The highest BCUT2D eigenvalue weighted by atomic mass is 35.5. The Balaban J connectivity index is 1.62. The van der Waals surface area contributed by atoms with E-state index in [0.717, 1.165) is 5.56 Å². The number of carbonyl (C=O) groups excluding carboxylic acids is 1. The van der Waals surface area contributed by atoms with Crippen LogP contribution >= 0.6 is 11.6 Å². The molecule has 1 unspecified atom stereocenters. The van der Waals surface area contributed by atoms with Crippen LogP contribution in [0.2, 0.25) is 5.02 Å². The van der Waals surface area contributed by atoms with Gasteiger partial charge < -0.3 is 10.1 Å². The van der Waals surface area contributed by atoms with Gasteiger partial charge >= 0.3 is 6.01 Å². The van der Waals surface area contributed by atoms with E-state index in [-0.39, 0.29) is 28.6 Å². The summed E-state index contributed by atoms with van der Waals surface area (Å²) < 4.78 is 21.1.